The van der Waals surface area contributed by atoms with Gasteiger partial charge in [-0.05, 0) is 24.6 Å². The van der Waals surface area contributed by atoms with Gasteiger partial charge in [0, 0.05) is 0 Å². The molecule has 1 atom stereocenters. The predicted molar refractivity (Wildman–Crippen MR) is 82.0 cm³/mol. The van der Waals surface area contributed by atoms with Gasteiger partial charge in [-0.25, -0.2) is 9.48 Å². The van der Waals surface area contributed by atoms with Gasteiger partial charge in [-0.3, -0.25) is 4.79 Å². The highest BCUT2D eigenvalue weighted by molar-refractivity contribution is 5.95. The van der Waals surface area contributed by atoms with E-state index in [0.717, 1.165) is 18.5 Å². The summed E-state index contributed by atoms with van der Waals surface area (Å²) in [5.74, 6) is -1.46. The van der Waals surface area contributed by atoms with E-state index < -0.39 is 17.9 Å². The summed E-state index contributed by atoms with van der Waals surface area (Å²) in [6.45, 7) is 1.98. The van der Waals surface area contributed by atoms with Gasteiger partial charge in [-0.15, -0.1) is 0 Å². The summed E-state index contributed by atoms with van der Waals surface area (Å²) in [7, 11) is 0. The highest BCUT2D eigenvalue weighted by Crippen LogP contribution is 2.11. The Bertz CT molecular complexity index is 637. The molecule has 1 aromatic carbocycles. The topological polar surface area (TPSA) is 84.2 Å². The van der Waals surface area contributed by atoms with Gasteiger partial charge in [0.05, 0.1) is 11.9 Å². The molecule has 6 heteroatoms. The average Bonchev–Trinajstić information content (AvgIpc) is 3.01. The van der Waals surface area contributed by atoms with Crippen molar-refractivity contribution < 1.29 is 14.7 Å². The molecule has 0 bridgehead atoms. The SMILES string of the molecule is CCCC[C@H](NC(=O)c1ccnn1-c1ccccc1)C(=O)O. The number of carboxylic acids is 1. The number of benzene rings is 1. The van der Waals surface area contributed by atoms with Crippen LogP contribution in [-0.2, 0) is 4.79 Å². The lowest BCUT2D eigenvalue weighted by Crippen LogP contribution is -2.41. The molecule has 2 N–H and O–H groups in total. The summed E-state index contributed by atoms with van der Waals surface area (Å²) in [5.41, 5.74) is 1.06. The lowest BCUT2D eigenvalue weighted by molar-refractivity contribution is -0.139. The summed E-state index contributed by atoms with van der Waals surface area (Å²) < 4.78 is 1.49. The Morgan fingerprint density at radius 3 is 2.64 bits per heavy atom. The highest BCUT2D eigenvalue weighted by Gasteiger charge is 2.22. The van der Waals surface area contributed by atoms with Crippen LogP contribution in [0.15, 0.2) is 42.6 Å². The first-order valence-electron chi connectivity index (χ1n) is 7.26. The Kier molecular flexibility index (Phi) is 5.30. The Morgan fingerprint density at radius 1 is 1.27 bits per heavy atom. The van der Waals surface area contributed by atoms with Gasteiger partial charge in [0.2, 0.25) is 0 Å². The lowest BCUT2D eigenvalue weighted by Gasteiger charge is -2.14. The van der Waals surface area contributed by atoms with Gasteiger partial charge < -0.3 is 10.4 Å². The smallest absolute Gasteiger partial charge is 0.326 e. The summed E-state index contributed by atoms with van der Waals surface area (Å²) in [4.78, 5) is 23.6. The third-order valence-electron chi connectivity index (χ3n) is 3.33. The largest absolute Gasteiger partial charge is 0.480 e. The molecule has 0 aliphatic rings. The number of nitrogens with one attached hydrogen (secondary N) is 1. The van der Waals surface area contributed by atoms with Crippen LogP contribution in [0.3, 0.4) is 0 Å². The van der Waals surface area contributed by atoms with Crippen LogP contribution in [0.25, 0.3) is 5.69 Å². The maximum absolute atomic E-state index is 12.3. The monoisotopic (exact) mass is 301 g/mol. The Balaban J connectivity index is 2.16. The zero-order valence-corrected chi connectivity index (χ0v) is 12.4. The van der Waals surface area contributed by atoms with Crippen LogP contribution >= 0.6 is 0 Å². The number of carbonyl (C=O) groups excluding carboxylic acids is 1. The summed E-state index contributed by atoms with van der Waals surface area (Å²) in [6, 6.07) is 9.91. The Morgan fingerprint density at radius 2 is 2.00 bits per heavy atom. The number of para-hydroxylation sites is 1. The van der Waals surface area contributed by atoms with E-state index in [9.17, 15) is 14.7 Å². The fraction of sp³-hybridized carbons (Fsp3) is 0.312. The van der Waals surface area contributed by atoms with Gasteiger partial charge in [0.15, 0.2) is 0 Å². The minimum atomic E-state index is -1.02. The molecule has 1 heterocycles. The van der Waals surface area contributed by atoms with Crippen LogP contribution in [-0.4, -0.2) is 32.8 Å². The van der Waals surface area contributed by atoms with Crippen LogP contribution in [0.5, 0.6) is 0 Å². The van der Waals surface area contributed by atoms with E-state index in [1.165, 1.54) is 10.9 Å². The number of rotatable bonds is 7. The zero-order chi connectivity index (χ0) is 15.9. The first-order valence-corrected chi connectivity index (χ1v) is 7.26. The second kappa shape index (κ2) is 7.40. The summed E-state index contributed by atoms with van der Waals surface area (Å²) in [6.07, 6.45) is 3.55. The fourth-order valence-electron chi connectivity index (χ4n) is 2.15. The molecule has 2 rings (SSSR count). The van der Waals surface area contributed by atoms with Gasteiger partial charge >= 0.3 is 5.97 Å². The van der Waals surface area contributed by atoms with Gasteiger partial charge in [0.25, 0.3) is 5.91 Å². The molecule has 0 fully saturated rings. The summed E-state index contributed by atoms with van der Waals surface area (Å²) in [5, 5.41) is 15.9. The first kappa shape index (κ1) is 15.8. The molecule has 0 radical (unpaired) electrons. The van der Waals surface area contributed by atoms with E-state index in [1.54, 1.807) is 6.07 Å². The number of carboxylic acid groups (broad SMARTS) is 1. The van der Waals surface area contributed by atoms with Crippen molar-refractivity contribution in [1.29, 1.82) is 0 Å². The summed E-state index contributed by atoms with van der Waals surface area (Å²) >= 11 is 0. The molecule has 6 nitrogen and oxygen atoms in total. The molecule has 0 aliphatic carbocycles. The number of aromatic nitrogens is 2. The first-order chi connectivity index (χ1) is 10.6. The van der Waals surface area contributed by atoms with Crippen molar-refractivity contribution in [1.82, 2.24) is 15.1 Å². The van der Waals surface area contributed by atoms with Crippen LogP contribution in [0.4, 0.5) is 0 Å². The van der Waals surface area contributed by atoms with E-state index in [0.29, 0.717) is 12.1 Å². The number of carbonyl (C=O) groups is 2. The minimum absolute atomic E-state index is 0.314. The van der Waals surface area contributed by atoms with Crippen LogP contribution in [0.2, 0.25) is 0 Å². The zero-order valence-electron chi connectivity index (χ0n) is 12.4. The van der Waals surface area contributed by atoms with Crippen molar-refractivity contribution in [3.63, 3.8) is 0 Å². The molecule has 0 saturated carbocycles. The fourth-order valence-corrected chi connectivity index (χ4v) is 2.15. The van der Waals surface area contributed by atoms with Crippen molar-refractivity contribution in [3.8, 4) is 5.69 Å². The van der Waals surface area contributed by atoms with E-state index in [2.05, 4.69) is 10.4 Å². The van der Waals surface area contributed by atoms with Crippen LogP contribution in [0, 0.1) is 0 Å². The molecule has 1 aromatic heterocycles. The number of unbranched alkanes of at least 4 members (excludes halogenated alkanes) is 1. The second-order valence-corrected chi connectivity index (χ2v) is 4.97. The van der Waals surface area contributed by atoms with Gasteiger partial charge in [-0.2, -0.15) is 5.10 Å². The third-order valence-corrected chi connectivity index (χ3v) is 3.33. The number of nitrogens with zero attached hydrogens (tertiary/aromatic N) is 2. The van der Waals surface area contributed by atoms with Gasteiger partial charge in [-0.1, -0.05) is 38.0 Å². The maximum Gasteiger partial charge on any atom is 0.326 e. The van der Waals surface area contributed by atoms with Crippen molar-refractivity contribution in [2.24, 2.45) is 0 Å². The van der Waals surface area contributed by atoms with Gasteiger partial charge in [0.1, 0.15) is 11.7 Å². The molecular formula is C16H19N3O3. The van der Waals surface area contributed by atoms with Crippen LogP contribution < -0.4 is 5.32 Å². The second-order valence-electron chi connectivity index (χ2n) is 4.97. The normalized spacial score (nSPS) is 11.9. The lowest BCUT2D eigenvalue weighted by atomic mass is 10.1. The predicted octanol–water partition coefficient (Wildman–Crippen LogP) is 2.25. The van der Waals surface area contributed by atoms with Crippen LogP contribution in [0.1, 0.15) is 36.7 Å². The highest BCUT2D eigenvalue weighted by atomic mass is 16.4. The average molecular weight is 301 g/mol. The standard InChI is InChI=1S/C16H19N3O3/c1-2-3-9-13(16(21)22)18-15(20)14-10-11-17-19(14)12-7-5-4-6-8-12/h4-8,10-11,13H,2-3,9H2,1H3,(H,18,20)(H,21,22)/t13-/m0/s1. The minimum Gasteiger partial charge on any atom is -0.480 e. The number of amides is 1. The Hall–Kier alpha value is -2.63. The quantitative estimate of drug-likeness (QED) is 0.821. The molecule has 22 heavy (non-hydrogen) atoms. The number of hydrogen-bond acceptors (Lipinski definition) is 3. The number of hydrogen-bond donors (Lipinski definition) is 2. The maximum atomic E-state index is 12.3. The Labute approximate surface area is 128 Å². The van der Waals surface area contributed by atoms with E-state index in [4.69, 9.17) is 0 Å². The molecule has 116 valence electrons. The molecule has 1 amide bonds. The molecule has 0 unspecified atom stereocenters. The molecule has 0 aliphatic heterocycles. The molecule has 0 spiro atoms. The van der Waals surface area contributed by atoms with Crippen molar-refractivity contribution in [3.05, 3.63) is 48.3 Å². The van der Waals surface area contributed by atoms with E-state index in [-0.39, 0.29) is 0 Å². The third kappa shape index (κ3) is 3.72. The van der Waals surface area contributed by atoms with Crippen molar-refractivity contribution in [2.45, 2.75) is 32.2 Å². The molecule has 0 saturated heterocycles. The molecule has 2 aromatic rings. The van der Waals surface area contributed by atoms with E-state index in [1.807, 2.05) is 37.3 Å². The van der Waals surface area contributed by atoms with Crippen molar-refractivity contribution >= 4 is 11.9 Å². The van der Waals surface area contributed by atoms with Crippen molar-refractivity contribution in [2.75, 3.05) is 0 Å². The number of aliphatic carboxylic acids is 1. The van der Waals surface area contributed by atoms with E-state index >= 15 is 0 Å². The molecular weight excluding hydrogens is 282 g/mol.